The zero-order valence-corrected chi connectivity index (χ0v) is 10.2. The summed E-state index contributed by atoms with van der Waals surface area (Å²) < 4.78 is 1.90. The minimum absolute atomic E-state index is 0.425. The fraction of sp³-hybridized carbons (Fsp3) is 0.333. The van der Waals surface area contributed by atoms with Gasteiger partial charge in [-0.2, -0.15) is 5.10 Å². The van der Waals surface area contributed by atoms with E-state index < -0.39 is 0 Å². The van der Waals surface area contributed by atoms with Crippen molar-refractivity contribution in [1.82, 2.24) is 14.8 Å². The Morgan fingerprint density at radius 2 is 2.19 bits per heavy atom. The van der Waals surface area contributed by atoms with Gasteiger partial charge in [-0.05, 0) is 19.9 Å². The number of halogens is 1. The highest BCUT2D eigenvalue weighted by Gasteiger charge is 2.08. The van der Waals surface area contributed by atoms with Crippen molar-refractivity contribution in [3.63, 3.8) is 0 Å². The second-order valence-corrected chi connectivity index (χ2v) is 3.93. The van der Waals surface area contributed by atoms with Crippen molar-refractivity contribution in [2.24, 2.45) is 0 Å². The Bertz CT molecular complexity index is 491. The third-order valence-corrected chi connectivity index (χ3v) is 2.76. The molecule has 0 amide bonds. The third-order valence-electron chi connectivity index (χ3n) is 2.51. The molecule has 4 heteroatoms. The van der Waals surface area contributed by atoms with Gasteiger partial charge >= 0.3 is 0 Å². The smallest absolute Gasteiger partial charge is 0.0653 e. The number of nitrogens with zero attached hydrogens (tertiary/aromatic N) is 3. The van der Waals surface area contributed by atoms with E-state index in [0.29, 0.717) is 5.88 Å². The minimum Gasteiger partial charge on any atom is -0.272 e. The van der Waals surface area contributed by atoms with Crippen LogP contribution in [0.25, 0.3) is 11.1 Å². The summed E-state index contributed by atoms with van der Waals surface area (Å²) in [7, 11) is 0. The number of aromatic nitrogens is 3. The molecule has 0 N–H and O–H groups in total. The van der Waals surface area contributed by atoms with Crippen LogP contribution in [0.5, 0.6) is 0 Å². The van der Waals surface area contributed by atoms with E-state index in [1.54, 1.807) is 0 Å². The normalized spacial score (nSPS) is 10.7. The quantitative estimate of drug-likeness (QED) is 0.766. The Morgan fingerprint density at radius 1 is 1.38 bits per heavy atom. The number of aryl methyl sites for hydroxylation is 2. The lowest BCUT2D eigenvalue weighted by Gasteiger charge is -2.04. The number of pyridine rings is 1. The maximum absolute atomic E-state index is 5.90. The number of hydrogen-bond donors (Lipinski definition) is 0. The Morgan fingerprint density at radius 3 is 2.81 bits per heavy atom. The van der Waals surface area contributed by atoms with Gasteiger partial charge in [0.15, 0.2) is 0 Å². The molecule has 2 aromatic rings. The fourth-order valence-corrected chi connectivity index (χ4v) is 1.85. The predicted octanol–water partition coefficient (Wildman–Crippen LogP) is 3.01. The van der Waals surface area contributed by atoms with E-state index in [1.807, 2.05) is 30.1 Å². The highest BCUT2D eigenvalue weighted by molar-refractivity contribution is 6.17. The summed E-state index contributed by atoms with van der Waals surface area (Å²) in [5.41, 5.74) is 4.05. The summed E-state index contributed by atoms with van der Waals surface area (Å²) in [4.78, 5) is 4.43. The number of hydrogen-bond acceptors (Lipinski definition) is 2. The molecule has 2 rings (SSSR count). The van der Waals surface area contributed by atoms with Gasteiger partial charge in [0.1, 0.15) is 0 Å². The third kappa shape index (κ3) is 2.09. The van der Waals surface area contributed by atoms with Crippen LogP contribution in [-0.4, -0.2) is 14.8 Å². The van der Waals surface area contributed by atoms with Gasteiger partial charge in [-0.1, -0.05) is 6.07 Å². The van der Waals surface area contributed by atoms with Gasteiger partial charge in [-0.25, -0.2) is 0 Å². The molecule has 0 aliphatic rings. The molecule has 0 aliphatic heterocycles. The summed E-state index contributed by atoms with van der Waals surface area (Å²) in [5, 5.41) is 4.25. The van der Waals surface area contributed by atoms with Gasteiger partial charge in [0.05, 0.1) is 17.8 Å². The van der Waals surface area contributed by atoms with Crippen molar-refractivity contribution in [2.45, 2.75) is 26.3 Å². The lowest BCUT2D eigenvalue weighted by atomic mass is 10.1. The molecule has 0 bridgehead atoms. The van der Waals surface area contributed by atoms with Gasteiger partial charge in [0.25, 0.3) is 0 Å². The molecule has 0 aliphatic carbocycles. The van der Waals surface area contributed by atoms with Crippen LogP contribution < -0.4 is 0 Å². The van der Waals surface area contributed by atoms with Crippen molar-refractivity contribution in [1.29, 1.82) is 0 Å². The number of rotatable bonds is 3. The molecule has 0 saturated heterocycles. The summed E-state index contributed by atoms with van der Waals surface area (Å²) in [6.45, 7) is 4.90. The first-order valence-corrected chi connectivity index (χ1v) is 5.83. The van der Waals surface area contributed by atoms with Crippen molar-refractivity contribution >= 4 is 11.6 Å². The average Bonchev–Trinajstić information content (AvgIpc) is 2.77. The first kappa shape index (κ1) is 11.1. The van der Waals surface area contributed by atoms with Crippen LogP contribution >= 0.6 is 11.6 Å². The molecule has 0 saturated carbocycles. The Hall–Kier alpha value is -1.35. The van der Waals surface area contributed by atoms with Crippen molar-refractivity contribution in [3.05, 3.63) is 35.9 Å². The highest BCUT2D eigenvalue weighted by Crippen LogP contribution is 2.23. The standard InChI is InChI=1S/C12H14ClN3/c1-3-16-8-10(7-14-16)11-5-4-9(2)15-12(11)6-13/h4-5,7-8H,3,6H2,1-2H3. The van der Waals surface area contributed by atoms with E-state index in [-0.39, 0.29) is 0 Å². The molecule has 0 fully saturated rings. The molecule has 0 atom stereocenters. The second kappa shape index (κ2) is 4.66. The first-order chi connectivity index (χ1) is 7.74. The largest absolute Gasteiger partial charge is 0.272 e. The van der Waals surface area contributed by atoms with Crippen molar-refractivity contribution in [2.75, 3.05) is 0 Å². The van der Waals surface area contributed by atoms with Crippen LogP contribution in [-0.2, 0) is 12.4 Å². The van der Waals surface area contributed by atoms with Crippen molar-refractivity contribution < 1.29 is 0 Å². The molecular formula is C12H14ClN3. The molecule has 0 unspecified atom stereocenters. The summed E-state index contributed by atoms with van der Waals surface area (Å²) in [5.74, 6) is 0.425. The van der Waals surface area contributed by atoms with Gasteiger partial charge in [-0.15, -0.1) is 11.6 Å². The van der Waals surface area contributed by atoms with E-state index in [2.05, 4.69) is 23.1 Å². The molecule has 2 heterocycles. The lowest BCUT2D eigenvalue weighted by molar-refractivity contribution is 0.660. The van der Waals surface area contributed by atoms with Crippen molar-refractivity contribution in [3.8, 4) is 11.1 Å². The van der Waals surface area contributed by atoms with E-state index in [9.17, 15) is 0 Å². The summed E-state index contributed by atoms with van der Waals surface area (Å²) >= 11 is 5.90. The van der Waals surface area contributed by atoms with E-state index >= 15 is 0 Å². The monoisotopic (exact) mass is 235 g/mol. The zero-order valence-electron chi connectivity index (χ0n) is 9.44. The molecule has 0 spiro atoms. The van der Waals surface area contributed by atoms with E-state index in [0.717, 1.165) is 29.1 Å². The Balaban J connectivity index is 2.46. The minimum atomic E-state index is 0.425. The lowest BCUT2D eigenvalue weighted by Crippen LogP contribution is -1.93. The molecule has 3 nitrogen and oxygen atoms in total. The van der Waals surface area contributed by atoms with Crippen LogP contribution in [0.15, 0.2) is 24.5 Å². The molecule has 0 aromatic carbocycles. The molecule has 84 valence electrons. The second-order valence-electron chi connectivity index (χ2n) is 3.67. The molecule has 0 radical (unpaired) electrons. The zero-order chi connectivity index (χ0) is 11.5. The van der Waals surface area contributed by atoms with Crippen LogP contribution in [0, 0.1) is 6.92 Å². The highest BCUT2D eigenvalue weighted by atomic mass is 35.5. The van der Waals surface area contributed by atoms with Crippen LogP contribution in [0.4, 0.5) is 0 Å². The molecule has 2 aromatic heterocycles. The van der Waals surface area contributed by atoms with Crippen LogP contribution in [0.2, 0.25) is 0 Å². The van der Waals surface area contributed by atoms with Gasteiger partial charge < -0.3 is 0 Å². The predicted molar refractivity (Wildman–Crippen MR) is 65.4 cm³/mol. The van der Waals surface area contributed by atoms with Gasteiger partial charge in [-0.3, -0.25) is 9.67 Å². The first-order valence-electron chi connectivity index (χ1n) is 5.30. The maximum Gasteiger partial charge on any atom is 0.0653 e. The Kier molecular flexibility index (Phi) is 3.25. The van der Waals surface area contributed by atoms with Crippen LogP contribution in [0.1, 0.15) is 18.3 Å². The van der Waals surface area contributed by atoms with E-state index in [1.165, 1.54) is 0 Å². The summed E-state index contributed by atoms with van der Waals surface area (Å²) in [6, 6.07) is 4.05. The Labute approximate surface area is 100 Å². The maximum atomic E-state index is 5.90. The molecule has 16 heavy (non-hydrogen) atoms. The van der Waals surface area contributed by atoms with E-state index in [4.69, 9.17) is 11.6 Å². The number of alkyl halides is 1. The average molecular weight is 236 g/mol. The molecular weight excluding hydrogens is 222 g/mol. The van der Waals surface area contributed by atoms with Crippen LogP contribution in [0.3, 0.4) is 0 Å². The fourth-order valence-electron chi connectivity index (χ4n) is 1.65. The summed E-state index contributed by atoms with van der Waals surface area (Å²) in [6.07, 6.45) is 3.87. The van der Waals surface area contributed by atoms with Gasteiger partial charge in [0, 0.05) is 29.6 Å². The SMILES string of the molecule is CCn1cc(-c2ccc(C)nc2CCl)cn1. The van der Waals surface area contributed by atoms with Gasteiger partial charge in [0.2, 0.25) is 0 Å². The topological polar surface area (TPSA) is 30.7 Å².